The van der Waals surface area contributed by atoms with Gasteiger partial charge in [-0.25, -0.2) is 0 Å². The fourth-order valence-electron chi connectivity index (χ4n) is 4.08. The molecule has 0 aromatic heterocycles. The third kappa shape index (κ3) is 3.38. The Balaban J connectivity index is 2.00. The van der Waals surface area contributed by atoms with Gasteiger partial charge in [0.15, 0.2) is 0 Å². The number of carbonyl (C=O) groups is 1. The van der Waals surface area contributed by atoms with Crippen molar-refractivity contribution >= 4 is 6.29 Å². The van der Waals surface area contributed by atoms with E-state index < -0.39 is 0 Å². The van der Waals surface area contributed by atoms with Crippen molar-refractivity contribution in [1.29, 1.82) is 0 Å². The monoisotopic (exact) mass is 266 g/mol. The molecule has 19 heavy (non-hydrogen) atoms. The Labute approximate surface area is 118 Å². The van der Waals surface area contributed by atoms with Crippen molar-refractivity contribution in [1.82, 2.24) is 9.80 Å². The average Bonchev–Trinajstić information content (AvgIpc) is 2.36. The van der Waals surface area contributed by atoms with E-state index in [1.165, 1.54) is 19.1 Å². The van der Waals surface area contributed by atoms with Crippen molar-refractivity contribution in [2.45, 2.75) is 58.5 Å². The lowest BCUT2D eigenvalue weighted by Gasteiger charge is -2.46. The fraction of sp³-hybridized carbons (Fsp3) is 0.938. The summed E-state index contributed by atoms with van der Waals surface area (Å²) in [6.45, 7) is 10.1. The second-order valence-electron chi connectivity index (χ2n) is 7.24. The van der Waals surface area contributed by atoms with Crippen LogP contribution < -0.4 is 0 Å². The second-order valence-corrected chi connectivity index (χ2v) is 7.24. The summed E-state index contributed by atoms with van der Waals surface area (Å²) in [5.41, 5.74) is -0.0625. The molecular weight excluding hydrogens is 236 g/mol. The maximum atomic E-state index is 11.7. The van der Waals surface area contributed by atoms with Crippen molar-refractivity contribution in [2.75, 3.05) is 26.7 Å². The Morgan fingerprint density at radius 3 is 2.37 bits per heavy atom. The van der Waals surface area contributed by atoms with E-state index in [4.69, 9.17) is 0 Å². The molecule has 0 aromatic rings. The molecule has 1 aliphatic carbocycles. The fourth-order valence-corrected chi connectivity index (χ4v) is 4.08. The molecule has 1 saturated carbocycles. The molecule has 0 amide bonds. The van der Waals surface area contributed by atoms with Gasteiger partial charge in [-0.05, 0) is 39.7 Å². The van der Waals surface area contributed by atoms with Gasteiger partial charge in [0.1, 0.15) is 6.29 Å². The summed E-state index contributed by atoms with van der Waals surface area (Å²) >= 11 is 0. The Morgan fingerprint density at radius 1 is 1.21 bits per heavy atom. The van der Waals surface area contributed by atoms with Gasteiger partial charge in [0.05, 0.1) is 0 Å². The number of hydrogen-bond donors (Lipinski definition) is 0. The van der Waals surface area contributed by atoms with Crippen LogP contribution in [-0.4, -0.2) is 54.9 Å². The van der Waals surface area contributed by atoms with Crippen LogP contribution in [0.1, 0.15) is 46.5 Å². The highest BCUT2D eigenvalue weighted by Gasteiger charge is 2.38. The van der Waals surface area contributed by atoms with Crippen molar-refractivity contribution in [2.24, 2.45) is 11.3 Å². The maximum Gasteiger partial charge on any atom is 0.127 e. The minimum Gasteiger partial charge on any atom is -0.303 e. The third-order valence-corrected chi connectivity index (χ3v) is 5.35. The lowest BCUT2D eigenvalue weighted by molar-refractivity contribution is -0.121. The van der Waals surface area contributed by atoms with Crippen molar-refractivity contribution in [3.8, 4) is 0 Å². The van der Waals surface area contributed by atoms with Crippen molar-refractivity contribution < 1.29 is 4.79 Å². The topological polar surface area (TPSA) is 23.6 Å². The summed E-state index contributed by atoms with van der Waals surface area (Å²) < 4.78 is 0. The van der Waals surface area contributed by atoms with Gasteiger partial charge in [-0.3, -0.25) is 9.80 Å². The van der Waals surface area contributed by atoms with E-state index >= 15 is 0 Å². The first-order chi connectivity index (χ1) is 8.96. The molecule has 0 spiro atoms. The smallest absolute Gasteiger partial charge is 0.127 e. The van der Waals surface area contributed by atoms with Gasteiger partial charge < -0.3 is 4.79 Å². The van der Waals surface area contributed by atoms with Gasteiger partial charge >= 0.3 is 0 Å². The number of piperazine rings is 1. The normalized spacial score (nSPS) is 42.2. The summed E-state index contributed by atoms with van der Waals surface area (Å²) in [6, 6.07) is 1.18. The van der Waals surface area contributed by atoms with Gasteiger partial charge in [0, 0.05) is 37.1 Å². The molecule has 4 atom stereocenters. The van der Waals surface area contributed by atoms with Crippen molar-refractivity contribution in [3.63, 3.8) is 0 Å². The number of likely N-dealkylation sites (N-methyl/N-ethyl adjacent to an activating group) is 1. The Morgan fingerprint density at radius 2 is 1.84 bits per heavy atom. The van der Waals surface area contributed by atoms with Gasteiger partial charge in [-0.15, -0.1) is 0 Å². The molecule has 0 aromatic carbocycles. The zero-order valence-electron chi connectivity index (χ0n) is 13.1. The van der Waals surface area contributed by atoms with Crippen LogP contribution in [0.2, 0.25) is 0 Å². The van der Waals surface area contributed by atoms with Crippen LogP contribution in [0.15, 0.2) is 0 Å². The Bertz CT molecular complexity index is 308. The Kier molecular flexibility index (Phi) is 4.67. The SMILES string of the molecule is CC1CCCC(C=O)(CN2CC(C)N(C)C(C)C2)C1. The molecule has 0 N–H and O–H groups in total. The molecule has 3 heteroatoms. The number of nitrogens with zero attached hydrogens (tertiary/aromatic N) is 2. The van der Waals surface area contributed by atoms with Crippen LogP contribution in [0.3, 0.4) is 0 Å². The average molecular weight is 266 g/mol. The third-order valence-electron chi connectivity index (χ3n) is 5.35. The molecule has 110 valence electrons. The predicted octanol–water partition coefficient (Wildman–Crippen LogP) is 2.41. The van der Waals surface area contributed by atoms with Crippen molar-refractivity contribution in [3.05, 3.63) is 0 Å². The molecular formula is C16H30N2O. The van der Waals surface area contributed by atoms with Crippen LogP contribution in [0.4, 0.5) is 0 Å². The van der Waals surface area contributed by atoms with Crippen LogP contribution in [0.5, 0.6) is 0 Å². The standard InChI is InChI=1S/C16H30N2O/c1-13-6-5-7-16(8-13,12-19)11-18-9-14(2)17(4)15(3)10-18/h12-15H,5-11H2,1-4H3. The minimum absolute atomic E-state index is 0.0625. The maximum absolute atomic E-state index is 11.7. The van der Waals surface area contributed by atoms with E-state index in [0.29, 0.717) is 18.0 Å². The quantitative estimate of drug-likeness (QED) is 0.733. The molecule has 4 unspecified atom stereocenters. The molecule has 1 heterocycles. The lowest BCUT2D eigenvalue weighted by atomic mass is 9.70. The molecule has 2 aliphatic rings. The summed E-state index contributed by atoms with van der Waals surface area (Å²) in [6.07, 6.45) is 5.97. The zero-order chi connectivity index (χ0) is 14.0. The molecule has 1 aliphatic heterocycles. The molecule has 0 bridgehead atoms. The first-order valence-corrected chi connectivity index (χ1v) is 7.86. The summed E-state index contributed by atoms with van der Waals surface area (Å²) in [5.74, 6) is 0.710. The van der Waals surface area contributed by atoms with Crippen LogP contribution >= 0.6 is 0 Å². The minimum atomic E-state index is -0.0625. The number of aldehydes is 1. The number of carbonyl (C=O) groups excluding carboxylic acids is 1. The van der Waals surface area contributed by atoms with E-state index in [1.807, 2.05) is 0 Å². The Hall–Kier alpha value is -0.410. The highest BCUT2D eigenvalue weighted by atomic mass is 16.1. The van der Waals surface area contributed by atoms with Gasteiger partial charge in [-0.1, -0.05) is 19.8 Å². The highest BCUT2D eigenvalue weighted by Crippen LogP contribution is 2.38. The molecule has 3 nitrogen and oxygen atoms in total. The first kappa shape index (κ1) is 15.0. The van der Waals surface area contributed by atoms with Gasteiger partial charge in [0.2, 0.25) is 0 Å². The number of rotatable bonds is 3. The largest absolute Gasteiger partial charge is 0.303 e. The summed E-state index contributed by atoms with van der Waals surface area (Å²) in [4.78, 5) is 16.7. The van der Waals surface area contributed by atoms with Crippen LogP contribution in [-0.2, 0) is 4.79 Å². The van der Waals surface area contributed by atoms with E-state index in [1.54, 1.807) is 0 Å². The van der Waals surface area contributed by atoms with E-state index in [2.05, 4.69) is 37.6 Å². The van der Waals surface area contributed by atoms with Gasteiger partial charge in [0.25, 0.3) is 0 Å². The van der Waals surface area contributed by atoms with Gasteiger partial charge in [-0.2, -0.15) is 0 Å². The molecule has 2 fully saturated rings. The first-order valence-electron chi connectivity index (χ1n) is 7.86. The van der Waals surface area contributed by atoms with E-state index in [0.717, 1.165) is 32.5 Å². The summed E-state index contributed by atoms with van der Waals surface area (Å²) in [7, 11) is 2.21. The summed E-state index contributed by atoms with van der Waals surface area (Å²) in [5, 5.41) is 0. The molecule has 2 rings (SSSR count). The zero-order valence-corrected chi connectivity index (χ0v) is 13.1. The van der Waals surface area contributed by atoms with E-state index in [9.17, 15) is 4.79 Å². The van der Waals surface area contributed by atoms with E-state index in [-0.39, 0.29) is 5.41 Å². The second kappa shape index (κ2) is 5.92. The predicted molar refractivity (Wildman–Crippen MR) is 79.3 cm³/mol. The lowest BCUT2D eigenvalue weighted by Crippen LogP contribution is -2.57. The molecule has 0 radical (unpaired) electrons. The highest BCUT2D eigenvalue weighted by molar-refractivity contribution is 5.60. The molecule has 1 saturated heterocycles. The van der Waals surface area contributed by atoms with Crippen LogP contribution in [0.25, 0.3) is 0 Å². The van der Waals surface area contributed by atoms with Crippen LogP contribution in [0, 0.1) is 11.3 Å². The number of hydrogen-bond acceptors (Lipinski definition) is 3.